The van der Waals surface area contributed by atoms with Crippen molar-refractivity contribution in [2.75, 3.05) is 49.5 Å². The molecule has 0 aliphatic carbocycles. The van der Waals surface area contributed by atoms with Crippen LogP contribution in [0.5, 0.6) is 0 Å². The van der Waals surface area contributed by atoms with Crippen LogP contribution in [0.25, 0.3) is 0 Å². The van der Waals surface area contributed by atoms with E-state index in [0.29, 0.717) is 0 Å². The maximum absolute atomic E-state index is 4.70. The summed E-state index contributed by atoms with van der Waals surface area (Å²) in [5.74, 6) is 2.10. The van der Waals surface area contributed by atoms with E-state index in [4.69, 9.17) is 4.98 Å². The fourth-order valence-corrected chi connectivity index (χ4v) is 2.47. The van der Waals surface area contributed by atoms with E-state index in [1.807, 2.05) is 6.07 Å². The zero-order valence-corrected chi connectivity index (χ0v) is 12.2. The van der Waals surface area contributed by atoms with Gasteiger partial charge in [-0.3, -0.25) is 4.90 Å². The third kappa shape index (κ3) is 4.10. The Balaban J connectivity index is 1.91. The number of hydrogen-bond donors (Lipinski definition) is 1. The smallest absolute Gasteiger partial charge is 0.131 e. The van der Waals surface area contributed by atoms with E-state index in [0.717, 1.165) is 50.8 Å². The minimum atomic E-state index is 0.987. The molecule has 1 aromatic rings. The minimum Gasteiger partial charge on any atom is -0.370 e. The molecule has 1 saturated heterocycles. The van der Waals surface area contributed by atoms with Gasteiger partial charge in [-0.15, -0.1) is 0 Å². The molecule has 1 aromatic heterocycles. The van der Waals surface area contributed by atoms with Gasteiger partial charge < -0.3 is 10.2 Å². The van der Waals surface area contributed by atoms with E-state index in [-0.39, 0.29) is 0 Å². The SMILES string of the molecule is CCCNc1cccc(N2CCN(CCC)CC2)n1. The first kappa shape index (κ1) is 14.1. The van der Waals surface area contributed by atoms with Crippen molar-refractivity contribution in [3.05, 3.63) is 18.2 Å². The molecule has 2 heterocycles. The van der Waals surface area contributed by atoms with Gasteiger partial charge in [-0.1, -0.05) is 19.9 Å². The summed E-state index contributed by atoms with van der Waals surface area (Å²) in [5, 5.41) is 3.35. The largest absolute Gasteiger partial charge is 0.370 e. The van der Waals surface area contributed by atoms with Crippen molar-refractivity contribution in [2.45, 2.75) is 26.7 Å². The molecule has 1 aliphatic rings. The lowest BCUT2D eigenvalue weighted by Crippen LogP contribution is -2.46. The van der Waals surface area contributed by atoms with Crippen LogP contribution in [0.2, 0.25) is 0 Å². The standard InChI is InChI=1S/C15H26N4/c1-3-8-16-14-6-5-7-15(17-14)19-12-10-18(9-4-2)11-13-19/h5-7H,3-4,8-13H2,1-2H3,(H,16,17). The molecule has 2 rings (SSSR count). The zero-order chi connectivity index (χ0) is 13.5. The van der Waals surface area contributed by atoms with Gasteiger partial charge in [0.2, 0.25) is 0 Å². The van der Waals surface area contributed by atoms with Crippen LogP contribution in [0.1, 0.15) is 26.7 Å². The van der Waals surface area contributed by atoms with Gasteiger partial charge in [0.05, 0.1) is 0 Å². The fourth-order valence-electron chi connectivity index (χ4n) is 2.47. The minimum absolute atomic E-state index is 0.987. The maximum atomic E-state index is 4.70. The van der Waals surface area contributed by atoms with Gasteiger partial charge in [0.1, 0.15) is 11.6 Å². The Morgan fingerprint density at radius 1 is 1.11 bits per heavy atom. The molecule has 0 aromatic carbocycles. The van der Waals surface area contributed by atoms with E-state index in [2.05, 4.69) is 41.1 Å². The highest BCUT2D eigenvalue weighted by Gasteiger charge is 2.17. The second-order valence-electron chi connectivity index (χ2n) is 5.14. The van der Waals surface area contributed by atoms with Crippen LogP contribution in [0.3, 0.4) is 0 Å². The normalized spacial score (nSPS) is 16.6. The summed E-state index contributed by atoms with van der Waals surface area (Å²) in [6.07, 6.45) is 2.37. The lowest BCUT2D eigenvalue weighted by atomic mass is 10.3. The average Bonchev–Trinajstić information content (AvgIpc) is 2.46. The number of rotatable bonds is 6. The molecule has 19 heavy (non-hydrogen) atoms. The lowest BCUT2D eigenvalue weighted by molar-refractivity contribution is 0.258. The quantitative estimate of drug-likeness (QED) is 0.853. The molecule has 1 fully saturated rings. The Kier molecular flexibility index (Phi) is 5.45. The van der Waals surface area contributed by atoms with Crippen LogP contribution in [0, 0.1) is 0 Å². The summed E-state index contributed by atoms with van der Waals surface area (Å²) in [4.78, 5) is 9.63. The van der Waals surface area contributed by atoms with Gasteiger partial charge in [-0.25, -0.2) is 4.98 Å². The predicted octanol–water partition coefficient (Wildman–Crippen LogP) is 2.44. The number of anilines is 2. The third-order valence-electron chi connectivity index (χ3n) is 3.53. The van der Waals surface area contributed by atoms with E-state index in [1.54, 1.807) is 0 Å². The summed E-state index contributed by atoms with van der Waals surface area (Å²) in [7, 11) is 0. The lowest BCUT2D eigenvalue weighted by Gasteiger charge is -2.35. The molecule has 0 spiro atoms. The topological polar surface area (TPSA) is 31.4 Å². The fraction of sp³-hybridized carbons (Fsp3) is 0.667. The van der Waals surface area contributed by atoms with Crippen molar-refractivity contribution in [3.63, 3.8) is 0 Å². The highest BCUT2D eigenvalue weighted by Crippen LogP contribution is 2.16. The van der Waals surface area contributed by atoms with Crippen molar-refractivity contribution in [1.82, 2.24) is 9.88 Å². The molecule has 1 aliphatic heterocycles. The third-order valence-corrected chi connectivity index (χ3v) is 3.53. The number of nitrogens with zero attached hydrogens (tertiary/aromatic N) is 3. The number of pyridine rings is 1. The van der Waals surface area contributed by atoms with Crippen LogP contribution in [0.4, 0.5) is 11.6 Å². The predicted molar refractivity (Wildman–Crippen MR) is 82.0 cm³/mol. The number of aromatic nitrogens is 1. The Hall–Kier alpha value is -1.29. The summed E-state index contributed by atoms with van der Waals surface area (Å²) in [5.41, 5.74) is 0. The van der Waals surface area contributed by atoms with Gasteiger partial charge in [0, 0.05) is 32.7 Å². The summed E-state index contributed by atoms with van der Waals surface area (Å²) < 4.78 is 0. The van der Waals surface area contributed by atoms with Crippen molar-refractivity contribution in [2.24, 2.45) is 0 Å². The molecular weight excluding hydrogens is 236 g/mol. The van der Waals surface area contributed by atoms with Crippen molar-refractivity contribution >= 4 is 11.6 Å². The van der Waals surface area contributed by atoms with Crippen LogP contribution < -0.4 is 10.2 Å². The first-order valence-electron chi connectivity index (χ1n) is 7.51. The van der Waals surface area contributed by atoms with Crippen LogP contribution >= 0.6 is 0 Å². The molecule has 0 radical (unpaired) electrons. The monoisotopic (exact) mass is 262 g/mol. The Bertz CT molecular complexity index is 372. The van der Waals surface area contributed by atoms with Crippen LogP contribution in [-0.4, -0.2) is 49.2 Å². The molecule has 106 valence electrons. The van der Waals surface area contributed by atoms with Gasteiger partial charge in [0.15, 0.2) is 0 Å². The molecule has 4 nitrogen and oxygen atoms in total. The number of piperazine rings is 1. The summed E-state index contributed by atoms with van der Waals surface area (Å²) in [6.45, 7) is 11.1. The van der Waals surface area contributed by atoms with Gasteiger partial charge in [0.25, 0.3) is 0 Å². The average molecular weight is 262 g/mol. The van der Waals surface area contributed by atoms with Gasteiger partial charge in [-0.2, -0.15) is 0 Å². The van der Waals surface area contributed by atoms with E-state index >= 15 is 0 Å². The molecule has 0 saturated carbocycles. The molecule has 4 heteroatoms. The van der Waals surface area contributed by atoms with E-state index < -0.39 is 0 Å². The molecule has 0 unspecified atom stereocenters. The molecular formula is C15H26N4. The maximum Gasteiger partial charge on any atom is 0.131 e. The van der Waals surface area contributed by atoms with E-state index in [9.17, 15) is 0 Å². The zero-order valence-electron chi connectivity index (χ0n) is 12.2. The van der Waals surface area contributed by atoms with E-state index in [1.165, 1.54) is 13.0 Å². The molecule has 1 N–H and O–H groups in total. The van der Waals surface area contributed by atoms with Crippen molar-refractivity contribution in [1.29, 1.82) is 0 Å². The van der Waals surface area contributed by atoms with Crippen molar-refractivity contribution in [3.8, 4) is 0 Å². The highest BCUT2D eigenvalue weighted by molar-refractivity contribution is 5.47. The van der Waals surface area contributed by atoms with Gasteiger partial charge in [-0.05, 0) is 31.5 Å². The highest BCUT2D eigenvalue weighted by atomic mass is 15.3. The Morgan fingerprint density at radius 3 is 2.58 bits per heavy atom. The summed E-state index contributed by atoms with van der Waals surface area (Å²) in [6, 6.07) is 6.26. The number of hydrogen-bond acceptors (Lipinski definition) is 4. The Labute approximate surface area is 116 Å². The van der Waals surface area contributed by atoms with Crippen LogP contribution in [0.15, 0.2) is 18.2 Å². The van der Waals surface area contributed by atoms with Gasteiger partial charge >= 0.3 is 0 Å². The number of nitrogens with one attached hydrogen (secondary N) is 1. The summed E-state index contributed by atoms with van der Waals surface area (Å²) >= 11 is 0. The molecule has 0 amide bonds. The second kappa shape index (κ2) is 7.34. The Morgan fingerprint density at radius 2 is 1.89 bits per heavy atom. The second-order valence-corrected chi connectivity index (χ2v) is 5.14. The molecule has 0 bridgehead atoms. The first-order valence-corrected chi connectivity index (χ1v) is 7.51. The van der Waals surface area contributed by atoms with Crippen LogP contribution in [-0.2, 0) is 0 Å². The molecule has 0 atom stereocenters. The first-order chi connectivity index (χ1) is 9.33. The van der Waals surface area contributed by atoms with Crippen molar-refractivity contribution < 1.29 is 0 Å².